The van der Waals surface area contributed by atoms with E-state index in [2.05, 4.69) is 9.72 Å². The Morgan fingerprint density at radius 2 is 1.80 bits per heavy atom. The molecule has 2 aromatic rings. The van der Waals surface area contributed by atoms with E-state index in [0.29, 0.717) is 0 Å². The monoisotopic (exact) mass is 373 g/mol. The van der Waals surface area contributed by atoms with Crippen molar-refractivity contribution >= 4 is 22.6 Å². The lowest BCUT2D eigenvalue weighted by atomic mass is 10.1. The average Bonchev–Trinajstić information content (AvgIpc) is 2.58. The summed E-state index contributed by atoms with van der Waals surface area (Å²) in [5.41, 5.74) is 3.58. The highest BCUT2D eigenvalue weighted by Crippen LogP contribution is 2.36. The van der Waals surface area contributed by atoms with Crippen molar-refractivity contribution in [3.05, 3.63) is 35.3 Å². The number of nitrogen functional groups attached to an aromatic ring is 1. The van der Waals surface area contributed by atoms with Crippen molar-refractivity contribution in [2.75, 3.05) is 32.5 Å². The second-order valence-electron chi connectivity index (χ2n) is 5.14. The quantitative estimate of drug-likeness (QED) is 0.659. The standard InChI is InChI=1S/C16H16F3N2O3S/c1-23-15-12(20)11(19)13(21-14(15)16(22)24-2)7-5-9(18)10(25(3)4)6-8(7)17/h5-6H,1-4H3,(H2,20,21)/q+1. The van der Waals surface area contributed by atoms with Gasteiger partial charge in [0.15, 0.2) is 28.0 Å². The molecule has 0 amide bonds. The van der Waals surface area contributed by atoms with E-state index in [1.807, 2.05) is 0 Å². The third kappa shape index (κ3) is 3.37. The smallest absolute Gasteiger partial charge is 0.360 e. The summed E-state index contributed by atoms with van der Waals surface area (Å²) in [6.07, 6.45) is 3.44. The van der Waals surface area contributed by atoms with Crippen molar-refractivity contribution in [3.8, 4) is 17.0 Å². The van der Waals surface area contributed by atoms with Gasteiger partial charge in [0.25, 0.3) is 0 Å². The fourth-order valence-electron chi connectivity index (χ4n) is 2.21. The van der Waals surface area contributed by atoms with Crippen LogP contribution in [0.4, 0.5) is 18.9 Å². The molecule has 1 aromatic carbocycles. The van der Waals surface area contributed by atoms with E-state index in [0.717, 1.165) is 26.4 Å². The maximum Gasteiger partial charge on any atom is 0.360 e. The van der Waals surface area contributed by atoms with Crippen molar-refractivity contribution in [2.45, 2.75) is 4.90 Å². The van der Waals surface area contributed by atoms with E-state index < -0.39 is 57.0 Å². The number of hydrogen-bond acceptors (Lipinski definition) is 5. The zero-order valence-corrected chi connectivity index (χ0v) is 14.8. The average molecular weight is 373 g/mol. The number of ether oxygens (including phenoxy) is 2. The SMILES string of the molecule is COC(=O)c1nc(-c2cc(F)c([S+](C)C)cc2F)c(F)c(N)c1OC. The fraction of sp³-hybridized carbons (Fsp3) is 0.250. The van der Waals surface area contributed by atoms with Gasteiger partial charge in [-0.25, -0.2) is 22.9 Å². The highest BCUT2D eigenvalue weighted by Gasteiger charge is 2.28. The molecule has 0 atom stereocenters. The molecule has 0 aliphatic carbocycles. The lowest BCUT2D eigenvalue weighted by Gasteiger charge is -2.14. The number of methoxy groups -OCH3 is 2. The molecule has 25 heavy (non-hydrogen) atoms. The molecule has 0 aliphatic rings. The third-order valence-corrected chi connectivity index (χ3v) is 4.62. The first kappa shape index (κ1) is 18.9. The minimum absolute atomic E-state index is 0.163. The van der Waals surface area contributed by atoms with Gasteiger partial charge in [-0.05, 0) is 6.07 Å². The molecule has 0 aliphatic heterocycles. The van der Waals surface area contributed by atoms with Gasteiger partial charge in [-0.3, -0.25) is 0 Å². The van der Waals surface area contributed by atoms with Gasteiger partial charge in [0.2, 0.25) is 0 Å². The lowest BCUT2D eigenvalue weighted by molar-refractivity contribution is 0.0590. The van der Waals surface area contributed by atoms with E-state index in [-0.39, 0.29) is 10.6 Å². The van der Waals surface area contributed by atoms with Crippen molar-refractivity contribution in [3.63, 3.8) is 0 Å². The van der Waals surface area contributed by atoms with Crippen LogP contribution in [0.5, 0.6) is 5.75 Å². The second-order valence-corrected chi connectivity index (χ2v) is 7.21. The number of carbonyl (C=O) groups is 1. The Labute approximate surface area is 145 Å². The van der Waals surface area contributed by atoms with Gasteiger partial charge in [0.05, 0.1) is 14.2 Å². The number of hydrogen-bond donors (Lipinski definition) is 1. The predicted octanol–water partition coefficient (Wildman–Crippen LogP) is 2.78. The molecule has 0 unspecified atom stereocenters. The lowest BCUT2D eigenvalue weighted by Crippen LogP contribution is -2.12. The van der Waals surface area contributed by atoms with Crippen LogP contribution >= 0.6 is 0 Å². The molecule has 0 saturated heterocycles. The van der Waals surface area contributed by atoms with Gasteiger partial charge in [0.1, 0.15) is 29.7 Å². The number of carbonyl (C=O) groups excluding carboxylic acids is 1. The van der Waals surface area contributed by atoms with Crippen LogP contribution in [0.1, 0.15) is 10.5 Å². The molecule has 0 bridgehead atoms. The van der Waals surface area contributed by atoms with Crippen LogP contribution < -0.4 is 10.5 Å². The number of halogens is 3. The third-order valence-electron chi connectivity index (χ3n) is 3.43. The van der Waals surface area contributed by atoms with Crippen LogP contribution in [0, 0.1) is 17.5 Å². The molecular weight excluding hydrogens is 357 g/mol. The van der Waals surface area contributed by atoms with Crippen molar-refractivity contribution in [1.82, 2.24) is 4.98 Å². The zero-order valence-electron chi connectivity index (χ0n) is 13.9. The van der Waals surface area contributed by atoms with Gasteiger partial charge in [-0.1, -0.05) is 0 Å². The van der Waals surface area contributed by atoms with Gasteiger partial charge in [-0.2, -0.15) is 0 Å². The number of nitrogens with zero attached hydrogens (tertiary/aromatic N) is 1. The zero-order chi connectivity index (χ0) is 18.9. The number of benzene rings is 1. The summed E-state index contributed by atoms with van der Waals surface area (Å²) in [5.74, 6) is -4.01. The first-order valence-electron chi connectivity index (χ1n) is 6.91. The Bertz CT molecular complexity index is 844. The number of pyridine rings is 1. The largest absolute Gasteiger partial charge is 0.492 e. The van der Waals surface area contributed by atoms with Gasteiger partial charge < -0.3 is 15.2 Å². The maximum atomic E-state index is 14.5. The number of nitrogens with two attached hydrogens (primary N) is 1. The topological polar surface area (TPSA) is 74.4 Å². The first-order valence-corrected chi connectivity index (χ1v) is 8.95. The van der Waals surface area contributed by atoms with Crippen molar-refractivity contribution < 1.29 is 27.4 Å². The summed E-state index contributed by atoms with van der Waals surface area (Å²) in [6, 6.07) is 1.81. The highest BCUT2D eigenvalue weighted by molar-refractivity contribution is 7.95. The van der Waals surface area contributed by atoms with Crippen LogP contribution in [0.2, 0.25) is 0 Å². The number of anilines is 1. The van der Waals surface area contributed by atoms with Crippen LogP contribution in [-0.4, -0.2) is 37.7 Å². The van der Waals surface area contributed by atoms with Crippen LogP contribution in [0.25, 0.3) is 11.3 Å². The summed E-state index contributed by atoms with van der Waals surface area (Å²) in [5, 5.41) is 0. The molecule has 0 radical (unpaired) electrons. The summed E-state index contributed by atoms with van der Waals surface area (Å²) >= 11 is 0. The molecule has 134 valence electrons. The molecule has 9 heteroatoms. The molecule has 0 spiro atoms. The summed E-state index contributed by atoms with van der Waals surface area (Å²) in [4.78, 5) is 15.8. The maximum absolute atomic E-state index is 14.5. The molecule has 5 nitrogen and oxygen atoms in total. The van der Waals surface area contributed by atoms with E-state index in [1.54, 1.807) is 12.5 Å². The minimum Gasteiger partial charge on any atom is -0.492 e. The molecule has 0 saturated carbocycles. The Kier molecular flexibility index (Phi) is 5.46. The number of rotatable bonds is 4. The van der Waals surface area contributed by atoms with Crippen LogP contribution in [-0.2, 0) is 15.6 Å². The fourth-order valence-corrected chi connectivity index (χ4v) is 3.00. The molecule has 1 heterocycles. The van der Waals surface area contributed by atoms with Gasteiger partial charge in [0, 0.05) is 22.5 Å². The van der Waals surface area contributed by atoms with Gasteiger partial charge in [-0.15, -0.1) is 0 Å². The van der Waals surface area contributed by atoms with E-state index in [4.69, 9.17) is 10.5 Å². The Morgan fingerprint density at radius 1 is 1.16 bits per heavy atom. The van der Waals surface area contributed by atoms with Crippen molar-refractivity contribution in [1.29, 1.82) is 0 Å². The van der Waals surface area contributed by atoms with E-state index >= 15 is 0 Å². The number of esters is 1. The Morgan fingerprint density at radius 3 is 2.32 bits per heavy atom. The summed E-state index contributed by atoms with van der Waals surface area (Å²) < 4.78 is 52.6. The van der Waals surface area contributed by atoms with E-state index in [9.17, 15) is 18.0 Å². The van der Waals surface area contributed by atoms with Gasteiger partial charge >= 0.3 is 5.97 Å². The molecular formula is C16H16F3N2O3S+. The summed E-state index contributed by atoms with van der Waals surface area (Å²) in [7, 11) is 1.71. The van der Waals surface area contributed by atoms with Crippen LogP contribution in [0.3, 0.4) is 0 Å². The predicted molar refractivity (Wildman–Crippen MR) is 89.3 cm³/mol. The minimum atomic E-state index is -1.12. The molecule has 1 aromatic heterocycles. The molecule has 0 fully saturated rings. The Hall–Kier alpha value is -2.42. The number of aromatic nitrogens is 1. The van der Waals surface area contributed by atoms with E-state index in [1.165, 1.54) is 0 Å². The van der Waals surface area contributed by atoms with Crippen LogP contribution in [0.15, 0.2) is 17.0 Å². The Balaban J connectivity index is 2.78. The first-order chi connectivity index (χ1) is 11.7. The second kappa shape index (κ2) is 7.22. The molecule has 2 rings (SSSR count). The molecule has 2 N–H and O–H groups in total. The van der Waals surface area contributed by atoms with Crippen molar-refractivity contribution in [2.24, 2.45) is 0 Å². The highest BCUT2D eigenvalue weighted by atomic mass is 32.2. The normalized spacial score (nSPS) is 10.9. The summed E-state index contributed by atoms with van der Waals surface area (Å²) in [6.45, 7) is 0.